The molecular weight excluding hydrogens is 344 g/mol. The number of hydrogen-bond acceptors (Lipinski definition) is 4. The summed E-state index contributed by atoms with van der Waals surface area (Å²) in [6.07, 6.45) is 0.989. The second-order valence-corrected chi connectivity index (χ2v) is 6.76. The summed E-state index contributed by atoms with van der Waals surface area (Å²) in [5.41, 5.74) is 3.63. The first kappa shape index (κ1) is 18.9. The summed E-state index contributed by atoms with van der Waals surface area (Å²) < 4.78 is 5.72. The van der Waals surface area contributed by atoms with Crippen LogP contribution >= 0.6 is 0 Å². The van der Waals surface area contributed by atoms with Crippen LogP contribution in [-0.4, -0.2) is 40.4 Å². The van der Waals surface area contributed by atoms with Crippen LogP contribution in [0.5, 0.6) is 5.75 Å². The van der Waals surface area contributed by atoms with Crippen LogP contribution in [0, 0.1) is 13.8 Å². The molecule has 142 valence electrons. The van der Waals surface area contributed by atoms with E-state index < -0.39 is 18.1 Å². The van der Waals surface area contributed by atoms with Gasteiger partial charge in [-0.25, -0.2) is 0 Å². The van der Waals surface area contributed by atoms with Crippen molar-refractivity contribution < 1.29 is 19.7 Å². The average molecular weight is 368 g/mol. The van der Waals surface area contributed by atoms with Gasteiger partial charge in [0.1, 0.15) is 24.5 Å². The molecule has 2 atom stereocenters. The zero-order valence-electron chi connectivity index (χ0n) is 15.4. The average Bonchev–Trinajstić information content (AvgIpc) is 3.08. The molecule has 0 fully saturated rings. The molecule has 1 heterocycles. The summed E-state index contributed by atoms with van der Waals surface area (Å²) in [6, 6.07) is 12.4. The van der Waals surface area contributed by atoms with Gasteiger partial charge in [0.15, 0.2) is 0 Å². The maximum absolute atomic E-state index is 11.7. The largest absolute Gasteiger partial charge is 0.490 e. The van der Waals surface area contributed by atoms with Crippen molar-refractivity contribution in [1.29, 1.82) is 0 Å². The first-order chi connectivity index (χ1) is 12.9. The van der Waals surface area contributed by atoms with Crippen molar-refractivity contribution >= 4 is 16.9 Å². The lowest BCUT2D eigenvalue weighted by Crippen LogP contribution is -2.37. The highest BCUT2D eigenvalue weighted by atomic mass is 16.5. The SMILES string of the molecule is Cc1cc(C)cc(C(NCC(O)COc2cccc3[nH]ccc23)C(=O)O)c1. The minimum absolute atomic E-state index is 0.0660. The molecule has 0 saturated carbocycles. The molecule has 0 aliphatic rings. The van der Waals surface area contributed by atoms with Gasteiger partial charge in [-0.1, -0.05) is 35.4 Å². The van der Waals surface area contributed by atoms with Crippen molar-refractivity contribution in [2.75, 3.05) is 13.2 Å². The number of carboxylic acid groups (broad SMARTS) is 1. The Bertz CT molecular complexity index is 915. The van der Waals surface area contributed by atoms with E-state index >= 15 is 0 Å². The molecule has 0 bridgehead atoms. The number of carbonyl (C=O) groups is 1. The third kappa shape index (κ3) is 4.67. The maximum Gasteiger partial charge on any atom is 0.325 e. The van der Waals surface area contributed by atoms with Crippen LogP contribution in [0.4, 0.5) is 0 Å². The van der Waals surface area contributed by atoms with Crippen LogP contribution < -0.4 is 10.1 Å². The summed E-state index contributed by atoms with van der Waals surface area (Å²) in [6.45, 7) is 4.03. The molecule has 0 amide bonds. The Kier molecular flexibility index (Phi) is 5.78. The molecule has 0 aliphatic carbocycles. The lowest BCUT2D eigenvalue weighted by atomic mass is 10.0. The van der Waals surface area contributed by atoms with Crippen molar-refractivity contribution in [3.63, 3.8) is 0 Å². The molecule has 1 aromatic heterocycles. The smallest absolute Gasteiger partial charge is 0.325 e. The molecule has 0 radical (unpaired) electrons. The Balaban J connectivity index is 1.60. The number of aliphatic hydroxyl groups is 1. The number of aromatic amines is 1. The Morgan fingerprint density at radius 1 is 1.19 bits per heavy atom. The number of H-pyrrole nitrogens is 1. The lowest BCUT2D eigenvalue weighted by molar-refractivity contribution is -0.139. The van der Waals surface area contributed by atoms with Crippen molar-refractivity contribution in [2.45, 2.75) is 26.0 Å². The molecule has 27 heavy (non-hydrogen) atoms. The Hall–Kier alpha value is -2.83. The number of rotatable bonds is 8. The summed E-state index contributed by atoms with van der Waals surface area (Å²) in [7, 11) is 0. The van der Waals surface area contributed by atoms with Crippen molar-refractivity contribution in [3.05, 3.63) is 65.4 Å². The van der Waals surface area contributed by atoms with Gasteiger partial charge < -0.3 is 19.9 Å². The van der Waals surface area contributed by atoms with Crippen molar-refractivity contribution in [3.8, 4) is 5.75 Å². The van der Waals surface area contributed by atoms with E-state index in [1.54, 1.807) is 0 Å². The van der Waals surface area contributed by atoms with Gasteiger partial charge >= 0.3 is 5.97 Å². The second-order valence-electron chi connectivity index (χ2n) is 6.76. The van der Waals surface area contributed by atoms with Crippen LogP contribution in [0.15, 0.2) is 48.7 Å². The van der Waals surface area contributed by atoms with Gasteiger partial charge in [-0.15, -0.1) is 0 Å². The Morgan fingerprint density at radius 3 is 2.63 bits per heavy atom. The van der Waals surface area contributed by atoms with E-state index in [4.69, 9.17) is 4.74 Å². The van der Waals surface area contributed by atoms with Gasteiger partial charge in [0.2, 0.25) is 0 Å². The maximum atomic E-state index is 11.7. The predicted molar refractivity (Wildman–Crippen MR) is 104 cm³/mol. The standard InChI is InChI=1S/C21H24N2O4/c1-13-8-14(2)10-15(9-13)20(21(25)26)23-11-16(24)12-27-19-5-3-4-18-17(19)6-7-22-18/h3-10,16,20,22-24H,11-12H2,1-2H3,(H,25,26). The normalized spacial score (nSPS) is 13.4. The van der Waals surface area contributed by atoms with Gasteiger partial charge in [-0.05, 0) is 37.6 Å². The molecule has 0 aliphatic heterocycles. The van der Waals surface area contributed by atoms with Crippen molar-refractivity contribution in [1.82, 2.24) is 10.3 Å². The second kappa shape index (κ2) is 8.24. The van der Waals surface area contributed by atoms with Gasteiger partial charge in [0, 0.05) is 23.6 Å². The quantitative estimate of drug-likeness (QED) is 0.490. The van der Waals surface area contributed by atoms with E-state index in [1.165, 1.54) is 0 Å². The van der Waals surface area contributed by atoms with Crippen LogP contribution in [0.2, 0.25) is 0 Å². The van der Waals surface area contributed by atoms with Gasteiger partial charge in [-0.3, -0.25) is 10.1 Å². The molecule has 6 heteroatoms. The van der Waals surface area contributed by atoms with Gasteiger partial charge in [0.25, 0.3) is 0 Å². The predicted octanol–water partition coefficient (Wildman–Crippen LogP) is 2.94. The topological polar surface area (TPSA) is 94.6 Å². The number of aromatic nitrogens is 1. The molecule has 0 saturated heterocycles. The zero-order valence-corrected chi connectivity index (χ0v) is 15.4. The molecule has 0 spiro atoms. The summed E-state index contributed by atoms with van der Waals surface area (Å²) in [5, 5.41) is 23.6. The van der Waals surface area contributed by atoms with Crippen LogP contribution in [0.25, 0.3) is 10.9 Å². The van der Waals surface area contributed by atoms with E-state index in [0.717, 1.165) is 22.0 Å². The van der Waals surface area contributed by atoms with E-state index in [2.05, 4.69) is 10.3 Å². The summed E-state index contributed by atoms with van der Waals surface area (Å²) in [4.78, 5) is 14.8. The third-order valence-electron chi connectivity index (χ3n) is 4.37. The van der Waals surface area contributed by atoms with E-state index in [1.807, 2.05) is 62.5 Å². The van der Waals surface area contributed by atoms with E-state index in [9.17, 15) is 15.0 Å². The third-order valence-corrected chi connectivity index (χ3v) is 4.37. The molecule has 3 aromatic rings. The molecule has 2 aromatic carbocycles. The molecule has 6 nitrogen and oxygen atoms in total. The number of carboxylic acids is 1. The summed E-state index contributed by atoms with van der Waals surface area (Å²) in [5.74, 6) is -0.304. The minimum Gasteiger partial charge on any atom is -0.490 e. The van der Waals surface area contributed by atoms with Crippen LogP contribution in [0.3, 0.4) is 0 Å². The molecule has 4 N–H and O–H groups in total. The first-order valence-electron chi connectivity index (χ1n) is 8.85. The number of aliphatic carboxylic acids is 1. The van der Waals surface area contributed by atoms with E-state index in [-0.39, 0.29) is 13.2 Å². The van der Waals surface area contributed by atoms with Crippen molar-refractivity contribution in [2.24, 2.45) is 0 Å². The van der Waals surface area contributed by atoms with Gasteiger partial charge in [-0.2, -0.15) is 0 Å². The number of aliphatic hydroxyl groups excluding tert-OH is 1. The highest BCUT2D eigenvalue weighted by molar-refractivity contribution is 5.85. The monoisotopic (exact) mass is 368 g/mol. The number of fused-ring (bicyclic) bond motifs is 1. The number of hydrogen-bond donors (Lipinski definition) is 4. The highest BCUT2D eigenvalue weighted by Crippen LogP contribution is 2.24. The number of benzene rings is 2. The fourth-order valence-corrected chi connectivity index (χ4v) is 3.21. The fourth-order valence-electron chi connectivity index (χ4n) is 3.21. The van der Waals surface area contributed by atoms with Crippen LogP contribution in [-0.2, 0) is 4.79 Å². The lowest BCUT2D eigenvalue weighted by Gasteiger charge is -2.19. The first-order valence-corrected chi connectivity index (χ1v) is 8.85. The van der Waals surface area contributed by atoms with Crippen LogP contribution in [0.1, 0.15) is 22.7 Å². The number of ether oxygens (including phenoxy) is 1. The fraction of sp³-hybridized carbons (Fsp3) is 0.286. The molecule has 2 unspecified atom stereocenters. The minimum atomic E-state index is -0.981. The number of aryl methyl sites for hydroxylation is 2. The van der Waals surface area contributed by atoms with Gasteiger partial charge in [0.05, 0.1) is 0 Å². The number of nitrogens with one attached hydrogen (secondary N) is 2. The Labute approximate surface area is 157 Å². The molecule has 3 rings (SSSR count). The summed E-state index contributed by atoms with van der Waals surface area (Å²) >= 11 is 0. The molecular formula is C21H24N2O4. The Morgan fingerprint density at radius 2 is 1.93 bits per heavy atom. The van der Waals surface area contributed by atoms with E-state index in [0.29, 0.717) is 11.3 Å². The zero-order chi connectivity index (χ0) is 19.4. The highest BCUT2D eigenvalue weighted by Gasteiger charge is 2.21.